The second-order valence-corrected chi connectivity index (χ2v) is 13.4. The molecule has 6 rings (SSSR count). The van der Waals surface area contributed by atoms with Crippen LogP contribution in [-0.2, 0) is 9.53 Å². The van der Waals surface area contributed by atoms with Crippen molar-refractivity contribution < 1.29 is 24.5 Å². The van der Waals surface area contributed by atoms with Gasteiger partial charge in [0.2, 0.25) is 0 Å². The molecule has 0 radical (unpaired) electrons. The van der Waals surface area contributed by atoms with Gasteiger partial charge in [-0.05, 0) is 99.0 Å². The third-order valence-electron chi connectivity index (χ3n) is 12.0. The Hall–Kier alpha value is -1.64. The van der Waals surface area contributed by atoms with Gasteiger partial charge in [-0.1, -0.05) is 13.8 Å². The van der Waals surface area contributed by atoms with Gasteiger partial charge in [-0.2, -0.15) is 0 Å². The molecule has 6 aliphatic rings. The summed E-state index contributed by atoms with van der Waals surface area (Å²) in [5, 5.41) is 30.8. The molecule has 8 heteroatoms. The molecule has 2 heterocycles. The summed E-state index contributed by atoms with van der Waals surface area (Å²) >= 11 is 0. The average Bonchev–Trinajstić information content (AvgIpc) is 3.28. The SMILES string of the molecule is C[C@]12CC[C@H](NC(=O)N3CCCNCC3)C[C@H]1CC[C@@H]1[C@@H]2C[C@@H](O)[C@]2(C)[C@@H](C3=CC(=O)OC3)CC[C@]12O. The number of fused-ring (bicyclic) bond motifs is 5. The number of ether oxygens (including phenoxy) is 1. The number of amides is 2. The van der Waals surface area contributed by atoms with E-state index in [-0.39, 0.29) is 47.8 Å². The lowest BCUT2D eigenvalue weighted by Crippen LogP contribution is -2.67. The highest BCUT2D eigenvalue weighted by Crippen LogP contribution is 2.69. The van der Waals surface area contributed by atoms with E-state index in [0.717, 1.165) is 76.7 Å². The molecule has 2 aliphatic heterocycles. The normalized spacial score (nSPS) is 47.7. The largest absolute Gasteiger partial charge is 0.458 e. The molecule has 1 saturated heterocycles. The zero-order chi connectivity index (χ0) is 26.0. The molecule has 0 unspecified atom stereocenters. The van der Waals surface area contributed by atoms with Gasteiger partial charge in [-0.25, -0.2) is 9.59 Å². The predicted octanol–water partition coefficient (Wildman–Crippen LogP) is 2.59. The Morgan fingerprint density at radius 2 is 1.95 bits per heavy atom. The number of nitrogens with zero attached hydrogens (tertiary/aromatic N) is 1. The molecule has 0 aromatic carbocycles. The first-order valence-corrected chi connectivity index (χ1v) is 14.7. The predicted molar refractivity (Wildman–Crippen MR) is 138 cm³/mol. The molecule has 0 aromatic heterocycles. The van der Waals surface area contributed by atoms with Gasteiger partial charge in [-0.15, -0.1) is 0 Å². The molecular weight excluding hydrogens is 470 g/mol. The van der Waals surface area contributed by atoms with Gasteiger partial charge in [0.15, 0.2) is 0 Å². The van der Waals surface area contributed by atoms with Crippen LogP contribution < -0.4 is 10.6 Å². The minimum absolute atomic E-state index is 0.0226. The molecule has 37 heavy (non-hydrogen) atoms. The van der Waals surface area contributed by atoms with Crippen LogP contribution in [0.4, 0.5) is 4.79 Å². The van der Waals surface area contributed by atoms with Crippen LogP contribution in [0.3, 0.4) is 0 Å². The molecule has 206 valence electrons. The smallest absolute Gasteiger partial charge is 0.331 e. The topological polar surface area (TPSA) is 111 Å². The minimum atomic E-state index is -0.938. The number of hydrogen-bond donors (Lipinski definition) is 4. The summed E-state index contributed by atoms with van der Waals surface area (Å²) in [6, 6.07) is 0.271. The van der Waals surface area contributed by atoms with Crippen molar-refractivity contribution in [2.24, 2.45) is 34.5 Å². The second kappa shape index (κ2) is 9.23. The monoisotopic (exact) mass is 515 g/mol. The lowest BCUT2D eigenvalue weighted by Gasteiger charge is -2.65. The van der Waals surface area contributed by atoms with Crippen LogP contribution in [0, 0.1) is 34.5 Å². The van der Waals surface area contributed by atoms with E-state index in [9.17, 15) is 19.8 Å². The first kappa shape index (κ1) is 25.6. The standard InChI is InChI=1S/C29H45N3O5/c1-27-8-6-20(31-26(35)32-12-3-10-30-11-13-32)15-19(27)4-5-22-23(27)16-24(33)28(2)21(7-9-29(22,28)36)18-14-25(34)37-17-18/h14,19-24,30,33,36H,3-13,15-17H2,1-2H3,(H,31,35)/t19-,20+,21-,22-,23+,24-,27+,28+,29+/m1/s1. The molecule has 4 saturated carbocycles. The molecule has 0 spiro atoms. The Morgan fingerprint density at radius 3 is 2.73 bits per heavy atom. The Bertz CT molecular complexity index is 963. The van der Waals surface area contributed by atoms with Crippen LogP contribution in [0.5, 0.6) is 0 Å². The number of urea groups is 1. The quantitative estimate of drug-likeness (QED) is 0.421. The second-order valence-electron chi connectivity index (χ2n) is 13.4. The number of rotatable bonds is 2. The molecule has 8 nitrogen and oxygen atoms in total. The van der Waals surface area contributed by atoms with Gasteiger partial charge in [-0.3, -0.25) is 0 Å². The summed E-state index contributed by atoms with van der Waals surface area (Å²) < 4.78 is 5.22. The van der Waals surface area contributed by atoms with Crippen LogP contribution in [0.15, 0.2) is 11.6 Å². The van der Waals surface area contributed by atoms with E-state index in [0.29, 0.717) is 18.8 Å². The van der Waals surface area contributed by atoms with Crippen LogP contribution >= 0.6 is 0 Å². The zero-order valence-corrected chi connectivity index (χ0v) is 22.5. The first-order valence-electron chi connectivity index (χ1n) is 14.7. The molecule has 0 bridgehead atoms. The summed E-state index contributed by atoms with van der Waals surface area (Å²) in [7, 11) is 0. The fraction of sp³-hybridized carbons (Fsp3) is 0.862. The zero-order valence-electron chi connectivity index (χ0n) is 22.5. The number of aliphatic hydroxyl groups is 2. The van der Waals surface area contributed by atoms with E-state index in [1.165, 1.54) is 0 Å². The number of carbonyl (C=O) groups is 2. The van der Waals surface area contributed by atoms with Crippen molar-refractivity contribution >= 4 is 12.0 Å². The highest BCUT2D eigenvalue weighted by atomic mass is 16.5. The summed E-state index contributed by atoms with van der Waals surface area (Å²) in [5.41, 5.74) is -0.605. The molecule has 4 aliphatic carbocycles. The number of cyclic esters (lactones) is 1. The van der Waals surface area contributed by atoms with Crippen molar-refractivity contribution in [1.29, 1.82) is 0 Å². The Kier molecular flexibility index (Phi) is 6.39. The minimum Gasteiger partial charge on any atom is -0.458 e. The van der Waals surface area contributed by atoms with E-state index in [1.54, 1.807) is 6.08 Å². The average molecular weight is 516 g/mol. The maximum Gasteiger partial charge on any atom is 0.331 e. The van der Waals surface area contributed by atoms with Crippen molar-refractivity contribution in [1.82, 2.24) is 15.5 Å². The van der Waals surface area contributed by atoms with E-state index in [4.69, 9.17) is 4.74 Å². The maximum atomic E-state index is 13.0. The summed E-state index contributed by atoms with van der Waals surface area (Å²) in [6.45, 7) is 8.14. The molecule has 9 atom stereocenters. The lowest BCUT2D eigenvalue weighted by molar-refractivity contribution is -0.242. The van der Waals surface area contributed by atoms with Crippen LogP contribution in [0.1, 0.15) is 71.6 Å². The lowest BCUT2D eigenvalue weighted by atomic mass is 9.42. The van der Waals surface area contributed by atoms with Crippen molar-refractivity contribution in [3.8, 4) is 0 Å². The van der Waals surface area contributed by atoms with Crippen molar-refractivity contribution in [2.45, 2.75) is 89.4 Å². The van der Waals surface area contributed by atoms with Gasteiger partial charge in [0.25, 0.3) is 0 Å². The Labute approximate surface area is 220 Å². The Morgan fingerprint density at radius 1 is 1.11 bits per heavy atom. The number of aliphatic hydroxyl groups excluding tert-OH is 1. The molecular formula is C29H45N3O5. The summed E-state index contributed by atoms with van der Waals surface area (Å²) in [6.07, 6.45) is 9.10. The molecule has 2 amide bonds. The number of esters is 1. The third-order valence-corrected chi connectivity index (χ3v) is 12.0. The molecule has 5 fully saturated rings. The van der Waals surface area contributed by atoms with Crippen LogP contribution in [0.25, 0.3) is 0 Å². The maximum absolute atomic E-state index is 13.0. The van der Waals surface area contributed by atoms with Crippen molar-refractivity contribution in [3.63, 3.8) is 0 Å². The molecule has 0 aromatic rings. The summed E-state index contributed by atoms with van der Waals surface area (Å²) in [5.74, 6) is 0.579. The van der Waals surface area contributed by atoms with Crippen molar-refractivity contribution in [3.05, 3.63) is 11.6 Å². The Balaban J connectivity index is 1.18. The van der Waals surface area contributed by atoms with E-state index in [2.05, 4.69) is 24.5 Å². The highest BCUT2D eigenvalue weighted by Gasteiger charge is 2.70. The van der Waals surface area contributed by atoms with E-state index in [1.807, 2.05) is 4.90 Å². The summed E-state index contributed by atoms with van der Waals surface area (Å²) in [4.78, 5) is 26.7. The van der Waals surface area contributed by atoms with Gasteiger partial charge < -0.3 is 30.5 Å². The van der Waals surface area contributed by atoms with Gasteiger partial charge in [0.1, 0.15) is 6.61 Å². The van der Waals surface area contributed by atoms with Crippen LogP contribution in [0.2, 0.25) is 0 Å². The molecule has 4 N–H and O–H groups in total. The van der Waals surface area contributed by atoms with E-state index >= 15 is 0 Å². The fourth-order valence-electron chi connectivity index (χ4n) is 9.84. The first-order chi connectivity index (χ1) is 17.7. The van der Waals surface area contributed by atoms with Crippen molar-refractivity contribution in [2.75, 3.05) is 32.8 Å². The number of carbonyl (C=O) groups excluding carboxylic acids is 2. The highest BCUT2D eigenvalue weighted by molar-refractivity contribution is 5.85. The fourth-order valence-corrected chi connectivity index (χ4v) is 9.84. The van der Waals surface area contributed by atoms with Gasteiger partial charge in [0, 0.05) is 37.2 Å². The number of nitrogens with one attached hydrogen (secondary N) is 2. The van der Waals surface area contributed by atoms with E-state index < -0.39 is 17.1 Å². The third kappa shape index (κ3) is 3.88. The van der Waals surface area contributed by atoms with Gasteiger partial charge in [0.05, 0.1) is 11.7 Å². The van der Waals surface area contributed by atoms with Gasteiger partial charge >= 0.3 is 12.0 Å². The van der Waals surface area contributed by atoms with Crippen LogP contribution in [-0.4, -0.2) is 77.6 Å². The number of hydrogen-bond acceptors (Lipinski definition) is 6.